The van der Waals surface area contributed by atoms with E-state index >= 15 is 0 Å². The number of fused-ring (bicyclic) bond motifs is 5. The van der Waals surface area contributed by atoms with Crippen LogP contribution in [0.25, 0.3) is 10.9 Å². The highest BCUT2D eigenvalue weighted by atomic mass is 35.5. The van der Waals surface area contributed by atoms with Crippen molar-refractivity contribution in [3.63, 3.8) is 0 Å². The van der Waals surface area contributed by atoms with Crippen molar-refractivity contribution in [1.29, 1.82) is 0 Å². The number of esters is 1. The number of allylic oxidation sites excluding steroid dienone is 3. The average Bonchev–Trinajstić information content (AvgIpc) is 1.64. The SMILES string of the molecule is CNN(C)Cc1cc2ccccc2n1CCC(=O)N[C@@H](CCC(=O)O)CNCCOCCOCCC(=O)N[C@H](C(=O)N[C@@H](CCCCN)C(=O)N(C)[C@@H](C)C(=O)O[C@H]1CC(=O)N(C)c2cc(cc(OC)c2Cl)C/C(C)=C/C=C/[C@@H](OC)[C@@]2(O)C[C@H](OC(=O)N2)[C@@H](C)CC1(C)O)c1ccccc1. The molecule has 0 aliphatic carbocycles. The summed E-state index contributed by atoms with van der Waals surface area (Å²) in [5, 5.41) is 51.3. The van der Waals surface area contributed by atoms with Crippen molar-refractivity contribution >= 4 is 75.8 Å². The van der Waals surface area contributed by atoms with E-state index in [1.807, 2.05) is 56.4 Å². The number of aromatic nitrogens is 1. The van der Waals surface area contributed by atoms with Gasteiger partial charge in [-0.1, -0.05) is 90.9 Å². The number of aryl methyl sites for hydroxylation is 1. The number of aliphatic hydroxyl groups is 2. The van der Waals surface area contributed by atoms with Crippen molar-refractivity contribution in [1.82, 2.24) is 46.5 Å². The quantitative estimate of drug-likeness (QED) is 0.0166. The predicted octanol–water partition coefficient (Wildman–Crippen LogP) is 4.94. The van der Waals surface area contributed by atoms with Crippen molar-refractivity contribution < 1.29 is 82.1 Å². The van der Waals surface area contributed by atoms with Gasteiger partial charge in [-0.2, -0.15) is 0 Å². The van der Waals surface area contributed by atoms with E-state index in [1.165, 1.54) is 47.1 Å². The molecule has 556 valence electrons. The number of carbonyl (C=O) groups is 8. The highest BCUT2D eigenvalue weighted by Gasteiger charge is 2.49. The molecular formula is C72H104ClN11O17. The Labute approximate surface area is 596 Å². The molecule has 3 aromatic carbocycles. The van der Waals surface area contributed by atoms with Gasteiger partial charge in [-0.25, -0.2) is 14.6 Å². The Balaban J connectivity index is 1.06. The van der Waals surface area contributed by atoms with E-state index in [0.717, 1.165) is 27.1 Å². The molecule has 0 saturated carbocycles. The second-order valence-electron chi connectivity index (χ2n) is 26.1. The Kier molecular flexibility index (Phi) is 32.4. The van der Waals surface area contributed by atoms with Gasteiger partial charge in [-0.15, -0.1) is 0 Å². The number of para-hydroxylation sites is 1. The number of likely N-dealkylation sites (N-methyl/N-ethyl adjacent to an activating group) is 1. The summed E-state index contributed by atoms with van der Waals surface area (Å²) in [4.78, 5) is 112. The molecule has 2 aliphatic rings. The number of halogens is 1. The molecule has 6 amide bonds. The van der Waals surface area contributed by atoms with E-state index in [2.05, 4.69) is 42.6 Å². The number of aliphatic carboxylic acids is 1. The number of alkyl carbamates (subject to hydrolysis) is 1. The average molecular weight is 1430 g/mol. The monoisotopic (exact) mass is 1430 g/mol. The van der Waals surface area contributed by atoms with Gasteiger partial charge in [0.1, 0.15) is 47.2 Å². The van der Waals surface area contributed by atoms with E-state index in [1.54, 1.807) is 61.5 Å². The normalized spacial score (nSPS) is 21.8. The minimum absolute atomic E-state index is 0.0317. The van der Waals surface area contributed by atoms with Gasteiger partial charge < -0.3 is 85.1 Å². The maximum absolute atomic E-state index is 14.7. The molecule has 0 spiro atoms. The van der Waals surface area contributed by atoms with Crippen LogP contribution in [-0.2, 0) is 76.8 Å². The summed E-state index contributed by atoms with van der Waals surface area (Å²) in [5.74, 6) is -5.31. The number of hydrogen-bond acceptors (Lipinski definition) is 20. The van der Waals surface area contributed by atoms with Crippen LogP contribution in [0, 0.1) is 5.92 Å². The van der Waals surface area contributed by atoms with Gasteiger partial charge in [0.05, 0.1) is 57.8 Å². The fourth-order valence-corrected chi connectivity index (χ4v) is 12.5. The number of unbranched alkanes of at least 4 members (excludes halogenated alkanes) is 1. The summed E-state index contributed by atoms with van der Waals surface area (Å²) in [6, 6.07) is 17.5. The zero-order valence-corrected chi connectivity index (χ0v) is 60.5. The van der Waals surface area contributed by atoms with Crippen LogP contribution in [0.2, 0.25) is 5.02 Å². The molecule has 6 rings (SSSR count). The Morgan fingerprint density at radius 1 is 0.891 bits per heavy atom. The first-order valence-electron chi connectivity index (χ1n) is 34.2. The van der Waals surface area contributed by atoms with Gasteiger partial charge in [-0.05, 0) is 120 Å². The molecule has 28 nitrogen and oxygen atoms in total. The zero-order valence-electron chi connectivity index (χ0n) is 59.7. The van der Waals surface area contributed by atoms with Crippen molar-refractivity contribution in [3.05, 3.63) is 118 Å². The molecule has 4 bridgehead atoms. The van der Waals surface area contributed by atoms with E-state index in [-0.39, 0.29) is 100 Å². The van der Waals surface area contributed by atoms with Crippen LogP contribution in [0.5, 0.6) is 5.75 Å². The summed E-state index contributed by atoms with van der Waals surface area (Å²) in [6.07, 6.45) is 0.781. The highest BCUT2D eigenvalue weighted by Crippen LogP contribution is 2.39. The number of amides is 6. The van der Waals surface area contributed by atoms with Crippen LogP contribution in [0.15, 0.2) is 96.6 Å². The largest absolute Gasteiger partial charge is 0.495 e. The molecule has 11 N–H and O–H groups in total. The van der Waals surface area contributed by atoms with Crippen molar-refractivity contribution in [2.24, 2.45) is 11.7 Å². The van der Waals surface area contributed by atoms with Crippen LogP contribution >= 0.6 is 11.6 Å². The molecule has 101 heavy (non-hydrogen) atoms. The van der Waals surface area contributed by atoms with Gasteiger partial charge in [0, 0.05) is 90.8 Å². The fourth-order valence-electron chi connectivity index (χ4n) is 12.2. The number of hydrogen-bond donors (Lipinski definition) is 10. The number of anilines is 1. The number of ether oxygens (including phenoxy) is 6. The zero-order chi connectivity index (χ0) is 74.0. The number of nitrogens with one attached hydrogen (secondary N) is 6. The number of benzene rings is 3. The summed E-state index contributed by atoms with van der Waals surface area (Å²) < 4.78 is 36.7. The molecule has 1 unspecified atom stereocenters. The molecule has 1 saturated heterocycles. The van der Waals surface area contributed by atoms with Gasteiger partial charge in [-0.3, -0.25) is 39.5 Å². The third-order valence-electron chi connectivity index (χ3n) is 18.2. The lowest BCUT2D eigenvalue weighted by molar-refractivity contribution is -0.177. The van der Waals surface area contributed by atoms with E-state index in [4.69, 9.17) is 45.8 Å². The number of rotatable bonds is 35. The first-order chi connectivity index (χ1) is 48.1. The van der Waals surface area contributed by atoms with Crippen LogP contribution in [0.1, 0.15) is 115 Å². The Bertz CT molecular complexity index is 3480. The molecule has 1 aromatic heterocycles. The molecule has 0 radical (unpaired) electrons. The smallest absolute Gasteiger partial charge is 0.409 e. The van der Waals surface area contributed by atoms with Gasteiger partial charge in [0.25, 0.3) is 0 Å². The van der Waals surface area contributed by atoms with Gasteiger partial charge in [0.2, 0.25) is 29.5 Å². The maximum Gasteiger partial charge on any atom is 0.409 e. The third kappa shape index (κ3) is 24.6. The number of carboxylic acids is 1. The minimum Gasteiger partial charge on any atom is -0.495 e. The molecule has 10 atom stereocenters. The van der Waals surface area contributed by atoms with Crippen LogP contribution in [-0.4, -0.2) is 214 Å². The molecule has 4 aromatic rings. The number of hydrazine groups is 1. The second kappa shape index (κ2) is 40.0. The predicted molar refractivity (Wildman–Crippen MR) is 380 cm³/mol. The number of nitrogens with two attached hydrogens (primary N) is 1. The van der Waals surface area contributed by atoms with Crippen LogP contribution in [0.3, 0.4) is 0 Å². The first-order valence-corrected chi connectivity index (χ1v) is 34.6. The van der Waals surface area contributed by atoms with Gasteiger partial charge >= 0.3 is 18.0 Å². The summed E-state index contributed by atoms with van der Waals surface area (Å²) in [6.45, 7) is 8.87. The Morgan fingerprint density at radius 2 is 1.59 bits per heavy atom. The van der Waals surface area contributed by atoms with Crippen molar-refractivity contribution in [3.8, 4) is 5.75 Å². The topological polar surface area (TPSA) is 365 Å². The number of carboxylic acid groups (broad SMARTS) is 1. The molecule has 29 heteroatoms. The van der Waals surface area contributed by atoms with E-state index in [9.17, 15) is 53.7 Å². The number of carbonyl (C=O) groups excluding carboxylic acids is 7. The summed E-state index contributed by atoms with van der Waals surface area (Å²) in [5.41, 5.74) is 9.22. The summed E-state index contributed by atoms with van der Waals surface area (Å²) >= 11 is 6.86. The van der Waals surface area contributed by atoms with E-state index < -0.39 is 108 Å². The van der Waals surface area contributed by atoms with Gasteiger partial charge in [0.15, 0.2) is 5.72 Å². The molecule has 3 heterocycles. The van der Waals surface area contributed by atoms with Crippen LogP contribution < -0.4 is 47.4 Å². The van der Waals surface area contributed by atoms with Crippen LogP contribution in [0.4, 0.5) is 10.5 Å². The Hall–Kier alpha value is -8.03. The molecular weight excluding hydrogens is 1330 g/mol. The molecule has 1 fully saturated rings. The van der Waals surface area contributed by atoms with E-state index in [0.29, 0.717) is 56.6 Å². The minimum atomic E-state index is -2.06. The second-order valence-corrected chi connectivity index (χ2v) is 26.5. The van der Waals surface area contributed by atoms with Crippen molar-refractivity contribution in [2.45, 2.75) is 165 Å². The first kappa shape index (κ1) is 81.9. The maximum atomic E-state index is 14.7. The Morgan fingerprint density at radius 3 is 2.29 bits per heavy atom. The fraction of sp³-hybridized carbons (Fsp3) is 0.556. The standard InChI is InChI=1S/C72H104ClN11O17/c1-46-19-18-25-59(97-10)72(95)43-58(100-70(93)80-72)47(2)42-71(4,94)60(41-63(87)83(8)56-38-49(37-46)39-57(96-9)65(56)73)101-69(92)48(3)82(7)68(91)54(23-16-17-30-74)78-67(90)66(50-20-12-11-13-21-50)79-62(86)29-33-98-35-36-99-34-31-76-44-52(26-27-64(88)89)77-61(85)28-32-84-53(45-81(6)75-5)40-51-22-14-15-24-55(51)84/h11-15,18-22,24-25,38-40,47-48,52,54,58-60,66,75-76,94-95H,16-17,23,26-37,41-45,74H2,1-10H3,(H,77,85)(H,78,90)(H,79,86)(H,80,93)(H,88,89)/b25-18+,46-19+/t47-,48-,52-,54-,58-,59+,60-,66-,71?,72-/m0/s1. The molecule has 2 aliphatic heterocycles. The lowest BCUT2D eigenvalue weighted by atomic mass is 9.81. The summed E-state index contributed by atoms with van der Waals surface area (Å²) in [7, 11) is 9.40. The highest BCUT2D eigenvalue weighted by molar-refractivity contribution is 6.35. The lowest BCUT2D eigenvalue weighted by Crippen LogP contribution is -2.63. The third-order valence-corrected chi connectivity index (χ3v) is 18.6. The van der Waals surface area contributed by atoms with Crippen molar-refractivity contribution in [2.75, 3.05) is 93.4 Å². The number of nitrogens with zero attached hydrogens (tertiary/aromatic N) is 4. The number of methoxy groups -OCH3 is 2. The lowest BCUT2D eigenvalue weighted by Gasteiger charge is -2.43.